The van der Waals surface area contributed by atoms with Gasteiger partial charge in [-0.05, 0) is 37.5 Å². The molecular formula is C13H19BrClNO3S. The number of nitrogens with one attached hydrogen (secondary N) is 1. The zero-order valence-corrected chi connectivity index (χ0v) is 14.8. The van der Waals surface area contributed by atoms with E-state index in [1.165, 1.54) is 12.1 Å². The molecular weight excluding hydrogens is 366 g/mol. The Labute approximate surface area is 133 Å². The number of rotatable bonds is 6. The summed E-state index contributed by atoms with van der Waals surface area (Å²) in [5, 5.41) is 10.3. The molecule has 1 rings (SSSR count). The van der Waals surface area contributed by atoms with Gasteiger partial charge >= 0.3 is 0 Å². The Morgan fingerprint density at radius 3 is 2.55 bits per heavy atom. The third kappa shape index (κ3) is 5.33. The highest BCUT2D eigenvalue weighted by atomic mass is 79.9. The van der Waals surface area contributed by atoms with Crippen LogP contribution in [0.25, 0.3) is 0 Å². The smallest absolute Gasteiger partial charge is 0.242 e. The molecule has 0 amide bonds. The van der Waals surface area contributed by atoms with Gasteiger partial charge in [0.25, 0.3) is 0 Å². The Hall–Kier alpha value is -0.140. The Balaban J connectivity index is 2.85. The van der Waals surface area contributed by atoms with Crippen molar-refractivity contribution in [2.45, 2.75) is 37.7 Å². The molecule has 114 valence electrons. The predicted octanol–water partition coefficient (Wildman–Crippen LogP) is 3.18. The molecule has 0 aliphatic rings. The summed E-state index contributed by atoms with van der Waals surface area (Å²) in [6.07, 6.45) is 0.504. The first-order valence-electron chi connectivity index (χ1n) is 6.20. The SMILES string of the molecule is CC(C)CC(C)(O)CNS(=O)(=O)c1ccc(Br)cc1Cl. The summed E-state index contributed by atoms with van der Waals surface area (Å²) in [6, 6.07) is 4.54. The van der Waals surface area contributed by atoms with E-state index in [0.717, 1.165) is 0 Å². The van der Waals surface area contributed by atoms with Crippen molar-refractivity contribution in [2.24, 2.45) is 5.92 Å². The van der Waals surface area contributed by atoms with Crippen molar-refractivity contribution in [1.29, 1.82) is 0 Å². The van der Waals surface area contributed by atoms with Crippen LogP contribution in [0.5, 0.6) is 0 Å². The van der Waals surface area contributed by atoms with Gasteiger partial charge in [-0.25, -0.2) is 13.1 Å². The lowest BCUT2D eigenvalue weighted by Crippen LogP contribution is -2.41. The quantitative estimate of drug-likeness (QED) is 0.791. The minimum Gasteiger partial charge on any atom is -0.389 e. The fourth-order valence-corrected chi connectivity index (χ4v) is 4.17. The van der Waals surface area contributed by atoms with Crippen molar-refractivity contribution in [1.82, 2.24) is 4.72 Å². The molecule has 0 saturated heterocycles. The van der Waals surface area contributed by atoms with E-state index >= 15 is 0 Å². The maximum Gasteiger partial charge on any atom is 0.242 e. The fraction of sp³-hybridized carbons (Fsp3) is 0.538. The first-order chi connectivity index (χ1) is 9.03. The van der Waals surface area contributed by atoms with Crippen molar-refractivity contribution in [3.63, 3.8) is 0 Å². The lowest BCUT2D eigenvalue weighted by molar-refractivity contribution is 0.0437. The van der Waals surface area contributed by atoms with Crippen LogP contribution in [0.3, 0.4) is 0 Å². The monoisotopic (exact) mass is 383 g/mol. The van der Waals surface area contributed by atoms with Crippen LogP contribution < -0.4 is 4.72 Å². The van der Waals surface area contributed by atoms with Crippen molar-refractivity contribution < 1.29 is 13.5 Å². The zero-order chi connectivity index (χ0) is 15.6. The molecule has 2 N–H and O–H groups in total. The van der Waals surface area contributed by atoms with Gasteiger partial charge in [0.15, 0.2) is 0 Å². The van der Waals surface area contributed by atoms with Gasteiger partial charge in [-0.15, -0.1) is 0 Å². The second-order valence-corrected chi connectivity index (χ2v) is 8.55. The van der Waals surface area contributed by atoms with Gasteiger partial charge in [0.05, 0.1) is 10.6 Å². The summed E-state index contributed by atoms with van der Waals surface area (Å²) in [6.45, 7) is 5.49. The number of aliphatic hydroxyl groups is 1. The Kier molecular flexibility index (Phi) is 6.04. The average Bonchev–Trinajstić information content (AvgIpc) is 2.24. The minimum absolute atomic E-state index is 0.00251. The Morgan fingerprint density at radius 1 is 1.45 bits per heavy atom. The number of hydrogen-bond donors (Lipinski definition) is 2. The van der Waals surface area contributed by atoms with Crippen molar-refractivity contribution in [2.75, 3.05) is 6.54 Å². The van der Waals surface area contributed by atoms with E-state index in [9.17, 15) is 13.5 Å². The molecule has 4 nitrogen and oxygen atoms in total. The van der Waals surface area contributed by atoms with E-state index in [1.54, 1.807) is 13.0 Å². The molecule has 0 saturated carbocycles. The van der Waals surface area contributed by atoms with Gasteiger partial charge in [0, 0.05) is 11.0 Å². The van der Waals surface area contributed by atoms with Gasteiger partial charge in [0.1, 0.15) is 4.90 Å². The molecule has 0 spiro atoms. The molecule has 0 heterocycles. The largest absolute Gasteiger partial charge is 0.389 e. The number of halogens is 2. The predicted molar refractivity (Wildman–Crippen MR) is 84.4 cm³/mol. The van der Waals surface area contributed by atoms with E-state index in [1.807, 2.05) is 13.8 Å². The fourth-order valence-electron chi connectivity index (χ4n) is 1.97. The van der Waals surface area contributed by atoms with Gasteiger partial charge in [0.2, 0.25) is 10.0 Å². The molecule has 0 fully saturated rings. The normalized spacial score (nSPS) is 15.3. The Morgan fingerprint density at radius 2 is 2.05 bits per heavy atom. The molecule has 0 aliphatic carbocycles. The second-order valence-electron chi connectivity index (χ2n) is 5.49. The van der Waals surface area contributed by atoms with Gasteiger partial charge in [-0.2, -0.15) is 0 Å². The Bertz CT molecular complexity index is 573. The van der Waals surface area contributed by atoms with Crippen LogP contribution in [0, 0.1) is 5.92 Å². The van der Waals surface area contributed by atoms with Crippen molar-refractivity contribution >= 4 is 37.6 Å². The van der Waals surface area contributed by atoms with E-state index in [-0.39, 0.29) is 22.4 Å². The third-order valence-electron chi connectivity index (χ3n) is 2.67. The third-order valence-corrected chi connectivity index (χ3v) is 5.05. The van der Waals surface area contributed by atoms with E-state index in [4.69, 9.17) is 11.6 Å². The van der Waals surface area contributed by atoms with Crippen LogP contribution in [0.15, 0.2) is 27.6 Å². The first kappa shape index (κ1) is 17.9. The molecule has 1 aromatic carbocycles. The number of sulfonamides is 1. The van der Waals surface area contributed by atoms with Crippen LogP contribution in [0.4, 0.5) is 0 Å². The van der Waals surface area contributed by atoms with E-state index in [0.29, 0.717) is 10.9 Å². The van der Waals surface area contributed by atoms with Crippen molar-refractivity contribution in [3.05, 3.63) is 27.7 Å². The van der Waals surface area contributed by atoms with E-state index < -0.39 is 15.6 Å². The summed E-state index contributed by atoms with van der Waals surface area (Å²) < 4.78 is 27.5. The highest BCUT2D eigenvalue weighted by Crippen LogP contribution is 2.25. The van der Waals surface area contributed by atoms with Crippen LogP contribution in [-0.2, 0) is 10.0 Å². The number of hydrogen-bond acceptors (Lipinski definition) is 3. The van der Waals surface area contributed by atoms with Crippen LogP contribution >= 0.6 is 27.5 Å². The van der Waals surface area contributed by atoms with Gasteiger partial charge < -0.3 is 5.11 Å². The lowest BCUT2D eigenvalue weighted by Gasteiger charge is -2.25. The summed E-state index contributed by atoms with van der Waals surface area (Å²) in [5.41, 5.74) is -1.09. The topological polar surface area (TPSA) is 66.4 Å². The molecule has 1 atom stereocenters. The summed E-state index contributed by atoms with van der Waals surface area (Å²) in [7, 11) is -3.74. The molecule has 0 bridgehead atoms. The van der Waals surface area contributed by atoms with E-state index in [2.05, 4.69) is 20.7 Å². The average molecular weight is 385 g/mol. The van der Waals surface area contributed by atoms with Crippen LogP contribution in [0.2, 0.25) is 5.02 Å². The summed E-state index contributed by atoms with van der Waals surface area (Å²) >= 11 is 9.16. The van der Waals surface area contributed by atoms with Crippen LogP contribution in [0.1, 0.15) is 27.2 Å². The molecule has 0 aromatic heterocycles. The molecule has 20 heavy (non-hydrogen) atoms. The second kappa shape index (κ2) is 6.75. The zero-order valence-electron chi connectivity index (χ0n) is 11.7. The maximum absolute atomic E-state index is 12.2. The standard InChI is InChI=1S/C13H19BrClNO3S/c1-9(2)7-13(3,17)8-16-20(18,19)12-5-4-10(14)6-11(12)15/h4-6,9,16-17H,7-8H2,1-3H3. The number of benzene rings is 1. The van der Waals surface area contributed by atoms with Gasteiger partial charge in [-0.1, -0.05) is 41.4 Å². The highest BCUT2D eigenvalue weighted by Gasteiger charge is 2.26. The molecule has 7 heteroatoms. The molecule has 0 radical (unpaired) electrons. The lowest BCUT2D eigenvalue weighted by atomic mass is 9.95. The molecule has 1 aromatic rings. The van der Waals surface area contributed by atoms with Crippen LogP contribution in [-0.4, -0.2) is 25.7 Å². The first-order valence-corrected chi connectivity index (χ1v) is 8.86. The summed E-state index contributed by atoms with van der Waals surface area (Å²) in [4.78, 5) is 0.00251. The minimum atomic E-state index is -3.74. The maximum atomic E-state index is 12.2. The van der Waals surface area contributed by atoms with Gasteiger partial charge in [-0.3, -0.25) is 0 Å². The highest BCUT2D eigenvalue weighted by molar-refractivity contribution is 9.10. The molecule has 0 aliphatic heterocycles. The van der Waals surface area contributed by atoms with Crippen molar-refractivity contribution in [3.8, 4) is 0 Å². The summed E-state index contributed by atoms with van der Waals surface area (Å²) in [5.74, 6) is 0.269. The molecule has 1 unspecified atom stereocenters.